The lowest BCUT2D eigenvalue weighted by Crippen LogP contribution is -2.53. The van der Waals surface area contributed by atoms with Gasteiger partial charge in [0.05, 0.1) is 8.07 Å². The van der Waals surface area contributed by atoms with Crippen LogP contribution in [0.4, 0.5) is 13.2 Å². The second-order valence-electron chi connectivity index (χ2n) is 6.42. The van der Waals surface area contributed by atoms with Crippen molar-refractivity contribution >= 4 is 18.2 Å². The van der Waals surface area contributed by atoms with Crippen LogP contribution >= 0.6 is 0 Å². The highest BCUT2D eigenvalue weighted by Gasteiger charge is 2.55. The summed E-state index contributed by atoms with van der Waals surface area (Å²) in [6, 6.07) is 2.57. The zero-order valence-electron chi connectivity index (χ0n) is 14.3. The third kappa shape index (κ3) is 3.61. The van der Waals surface area contributed by atoms with Crippen molar-refractivity contribution in [3.63, 3.8) is 0 Å². The molecule has 1 atom stereocenters. The number of rotatable bonds is 6. The minimum Gasteiger partial charge on any atom is -0.381 e. The van der Waals surface area contributed by atoms with Crippen LogP contribution in [0.15, 0.2) is 11.8 Å². The van der Waals surface area contributed by atoms with Crippen LogP contribution in [0, 0.1) is 0 Å². The Labute approximate surface area is 137 Å². The predicted molar refractivity (Wildman–Crippen MR) is 87.2 cm³/mol. The van der Waals surface area contributed by atoms with Crippen molar-refractivity contribution in [3.05, 3.63) is 11.8 Å². The summed E-state index contributed by atoms with van der Waals surface area (Å²) in [4.78, 5) is 2.00. The maximum Gasteiger partial charge on any atom is 0.534 e. The molecule has 0 amide bonds. The van der Waals surface area contributed by atoms with Crippen molar-refractivity contribution in [1.29, 1.82) is 0 Å². The molecular weight excluding hydrogens is 347 g/mol. The minimum absolute atomic E-state index is 0.0230. The van der Waals surface area contributed by atoms with E-state index >= 15 is 0 Å². The molecule has 0 aromatic heterocycles. The van der Waals surface area contributed by atoms with Crippen LogP contribution in [0.25, 0.3) is 0 Å². The highest BCUT2D eigenvalue weighted by molar-refractivity contribution is 7.87. The summed E-state index contributed by atoms with van der Waals surface area (Å²) in [6.07, 6.45) is 1.50. The van der Waals surface area contributed by atoms with Gasteiger partial charge < -0.3 is 9.08 Å². The summed E-state index contributed by atoms with van der Waals surface area (Å²) in [7, 11) is -5.83. The van der Waals surface area contributed by atoms with Gasteiger partial charge in [0, 0.05) is 18.1 Å². The topological polar surface area (TPSA) is 46.6 Å². The zero-order chi connectivity index (χ0) is 18.1. The van der Waals surface area contributed by atoms with Crippen molar-refractivity contribution in [3.8, 4) is 0 Å². The summed E-state index contributed by atoms with van der Waals surface area (Å²) in [6.45, 7) is 8.86. The van der Waals surface area contributed by atoms with Crippen LogP contribution in [0.5, 0.6) is 0 Å². The van der Waals surface area contributed by atoms with E-state index in [1.54, 1.807) is 0 Å². The maximum absolute atomic E-state index is 12.7. The predicted octanol–water partition coefficient (Wildman–Crippen LogP) is 3.95. The first-order valence-electron chi connectivity index (χ1n) is 7.79. The van der Waals surface area contributed by atoms with Crippen LogP contribution in [0.1, 0.15) is 27.7 Å². The average Bonchev–Trinajstić information content (AvgIpc) is 2.43. The Hall–Kier alpha value is -0.543. The number of alkyl halides is 3. The molecule has 23 heavy (non-hydrogen) atoms. The maximum atomic E-state index is 12.7. The van der Waals surface area contributed by atoms with Crippen molar-refractivity contribution in [2.24, 2.45) is 0 Å². The molecule has 1 rings (SSSR count). The Bertz CT molecular complexity index is 550. The first kappa shape index (κ1) is 20.5. The van der Waals surface area contributed by atoms with E-state index in [2.05, 4.69) is 4.18 Å². The summed E-state index contributed by atoms with van der Waals surface area (Å²) in [5, 5.41) is -0.670. The van der Waals surface area contributed by atoms with E-state index in [0.717, 1.165) is 18.1 Å². The number of halogens is 3. The molecule has 0 radical (unpaired) electrons. The Morgan fingerprint density at radius 3 is 2.13 bits per heavy atom. The van der Waals surface area contributed by atoms with Gasteiger partial charge in [0.25, 0.3) is 0 Å². The van der Waals surface area contributed by atoms with Crippen LogP contribution in [-0.2, 0) is 14.3 Å². The largest absolute Gasteiger partial charge is 0.534 e. The first-order valence-corrected chi connectivity index (χ1v) is 11.8. The van der Waals surface area contributed by atoms with Crippen LogP contribution in [-0.4, -0.2) is 47.0 Å². The molecule has 1 aliphatic heterocycles. The van der Waals surface area contributed by atoms with Crippen molar-refractivity contribution in [2.75, 3.05) is 20.1 Å². The highest BCUT2D eigenvalue weighted by Crippen LogP contribution is 2.53. The van der Waals surface area contributed by atoms with Gasteiger partial charge in [-0.2, -0.15) is 21.6 Å². The van der Waals surface area contributed by atoms with E-state index in [1.165, 1.54) is 6.08 Å². The second kappa shape index (κ2) is 6.76. The molecule has 0 aromatic rings. The van der Waals surface area contributed by atoms with E-state index in [4.69, 9.17) is 0 Å². The lowest BCUT2D eigenvalue weighted by molar-refractivity contribution is -0.0528. The molecule has 0 bridgehead atoms. The lowest BCUT2D eigenvalue weighted by Gasteiger charge is -2.50. The lowest BCUT2D eigenvalue weighted by atomic mass is 10.0. The van der Waals surface area contributed by atoms with E-state index in [1.807, 2.05) is 39.6 Å². The molecule has 1 aliphatic rings. The molecule has 0 aromatic carbocycles. The molecular formula is C14H26F3NO3SSi. The van der Waals surface area contributed by atoms with E-state index in [9.17, 15) is 21.6 Å². The molecule has 0 saturated carbocycles. The van der Waals surface area contributed by atoms with Gasteiger partial charge in [-0.1, -0.05) is 45.8 Å². The Kier molecular flexibility index (Phi) is 6.02. The van der Waals surface area contributed by atoms with E-state index in [0.29, 0.717) is 13.1 Å². The molecule has 0 unspecified atom stereocenters. The van der Waals surface area contributed by atoms with Crippen LogP contribution in [0.2, 0.25) is 23.2 Å². The third-order valence-corrected chi connectivity index (χ3v) is 13.2. The number of nitrogens with zero attached hydrogens (tertiary/aromatic N) is 1. The second-order valence-corrected chi connectivity index (χ2v) is 13.7. The molecule has 0 aliphatic carbocycles. The molecule has 136 valence electrons. The SMILES string of the molecule is CC[Si](CC)(CC)[C@]1(C)CN(C)CC=C1OS(=O)(=O)C(F)(F)F. The van der Waals surface area contributed by atoms with Crippen LogP contribution in [0.3, 0.4) is 0 Å². The average molecular weight is 374 g/mol. The smallest absolute Gasteiger partial charge is 0.381 e. The van der Waals surface area contributed by atoms with Gasteiger partial charge >= 0.3 is 15.6 Å². The van der Waals surface area contributed by atoms with Gasteiger partial charge in [0.1, 0.15) is 5.76 Å². The van der Waals surface area contributed by atoms with Gasteiger partial charge in [-0.25, -0.2) is 0 Å². The Morgan fingerprint density at radius 2 is 1.74 bits per heavy atom. The first-order chi connectivity index (χ1) is 10.4. The number of likely N-dealkylation sites (N-methyl/N-ethyl adjacent to an activating group) is 1. The normalized spacial score (nSPS) is 24.4. The summed E-state index contributed by atoms with van der Waals surface area (Å²) in [5.41, 5.74) is -5.41. The molecule has 0 N–H and O–H groups in total. The minimum atomic E-state index is -5.64. The fourth-order valence-electron chi connectivity index (χ4n) is 3.79. The van der Waals surface area contributed by atoms with Gasteiger partial charge in [0.15, 0.2) is 0 Å². The monoisotopic (exact) mass is 373 g/mol. The van der Waals surface area contributed by atoms with Crippen molar-refractivity contribution in [2.45, 2.75) is 56.4 Å². The standard InChI is InChI=1S/C14H26F3NO3SSi/c1-6-23(7-2,8-3)13(4)11-18(5)10-9-12(13)21-22(19,20)14(15,16)17/h9H,6-8,10-11H2,1-5H3/t13-/m1/s1. The summed E-state index contributed by atoms with van der Waals surface area (Å²) in [5.74, 6) is -0.0230. The molecule has 0 saturated heterocycles. The number of hydrogen-bond acceptors (Lipinski definition) is 4. The van der Waals surface area contributed by atoms with Crippen molar-refractivity contribution in [1.82, 2.24) is 4.90 Å². The Balaban J connectivity index is 3.38. The summed E-state index contributed by atoms with van der Waals surface area (Å²) < 4.78 is 65.8. The van der Waals surface area contributed by atoms with Crippen molar-refractivity contribution < 1.29 is 25.8 Å². The molecule has 1 heterocycles. The van der Waals surface area contributed by atoms with Gasteiger partial charge in [-0.05, 0) is 13.1 Å². The molecule has 0 spiro atoms. The van der Waals surface area contributed by atoms with Gasteiger partial charge in [-0.3, -0.25) is 0 Å². The Morgan fingerprint density at radius 1 is 1.26 bits per heavy atom. The molecule has 4 nitrogen and oxygen atoms in total. The van der Waals surface area contributed by atoms with E-state index in [-0.39, 0.29) is 5.76 Å². The van der Waals surface area contributed by atoms with Crippen LogP contribution < -0.4 is 0 Å². The van der Waals surface area contributed by atoms with Gasteiger partial charge in [-0.15, -0.1) is 0 Å². The third-order valence-electron chi connectivity index (χ3n) is 5.40. The number of hydrogen-bond donors (Lipinski definition) is 0. The van der Waals surface area contributed by atoms with E-state index < -0.39 is 28.7 Å². The van der Waals surface area contributed by atoms with Gasteiger partial charge in [0.2, 0.25) is 0 Å². The quantitative estimate of drug-likeness (QED) is 0.402. The fourth-order valence-corrected chi connectivity index (χ4v) is 9.57. The molecule has 0 fully saturated rings. The summed E-state index contributed by atoms with van der Waals surface area (Å²) >= 11 is 0. The fraction of sp³-hybridized carbons (Fsp3) is 0.857. The zero-order valence-corrected chi connectivity index (χ0v) is 16.1. The highest BCUT2D eigenvalue weighted by atomic mass is 32.2. The molecule has 9 heteroatoms.